The van der Waals surface area contributed by atoms with Gasteiger partial charge in [-0.15, -0.1) is 0 Å². The minimum absolute atomic E-state index is 0.250. The van der Waals surface area contributed by atoms with Crippen molar-refractivity contribution in [2.24, 2.45) is 0 Å². The molecule has 1 unspecified atom stereocenters. The average molecular weight is 191 g/mol. The van der Waals surface area contributed by atoms with Gasteiger partial charge < -0.3 is 14.7 Å². The number of hydrogen-bond donors (Lipinski definition) is 1. The maximum atomic E-state index is 9.37. The lowest BCUT2D eigenvalue weighted by Gasteiger charge is -2.09. The van der Waals surface area contributed by atoms with E-state index in [1.54, 1.807) is 0 Å². The highest BCUT2D eigenvalue weighted by Gasteiger charge is 2.05. The number of aliphatic hydroxyl groups excluding tert-OH is 1. The van der Waals surface area contributed by atoms with E-state index in [4.69, 9.17) is 11.3 Å². The lowest BCUT2D eigenvalue weighted by Crippen LogP contribution is -2.18. The lowest BCUT2D eigenvalue weighted by atomic mass is 10.3. The van der Waals surface area contributed by atoms with Crippen LogP contribution in [0.1, 0.15) is 6.42 Å². The maximum absolute atomic E-state index is 9.37. The first kappa shape index (κ1) is 10.6. The second kappa shape index (κ2) is 6.01. The molecule has 0 heterocycles. The third kappa shape index (κ3) is 3.92. The molecule has 1 aromatic rings. The molecule has 74 valence electrons. The van der Waals surface area contributed by atoms with Crippen LogP contribution in [-0.4, -0.2) is 24.4 Å². The number of aliphatic hydroxyl groups is 1. The summed E-state index contributed by atoms with van der Waals surface area (Å²) in [4.78, 5) is 3.17. The predicted octanol–water partition coefficient (Wildman–Crippen LogP) is 1.74. The van der Waals surface area contributed by atoms with Crippen molar-refractivity contribution in [2.75, 3.05) is 13.2 Å². The van der Waals surface area contributed by atoms with Crippen molar-refractivity contribution in [2.45, 2.75) is 12.5 Å². The molecule has 0 saturated carbocycles. The Labute approximate surface area is 83.8 Å². The molecule has 1 N–H and O–H groups in total. The first-order valence-electron chi connectivity index (χ1n) is 4.52. The highest BCUT2D eigenvalue weighted by atomic mass is 16.5. The molecular weight excluding hydrogens is 178 g/mol. The summed E-state index contributed by atoms with van der Waals surface area (Å²) in [6.45, 7) is 7.16. The van der Waals surface area contributed by atoms with Crippen LogP contribution in [-0.2, 0) is 0 Å². The van der Waals surface area contributed by atoms with Gasteiger partial charge in [-0.05, 0) is 12.1 Å². The van der Waals surface area contributed by atoms with Crippen molar-refractivity contribution < 1.29 is 9.84 Å². The van der Waals surface area contributed by atoms with E-state index in [-0.39, 0.29) is 6.61 Å². The quantitative estimate of drug-likeness (QED) is 0.719. The summed E-state index contributed by atoms with van der Waals surface area (Å²) < 4.78 is 5.31. The van der Waals surface area contributed by atoms with Crippen LogP contribution >= 0.6 is 0 Å². The van der Waals surface area contributed by atoms with Crippen molar-refractivity contribution in [1.29, 1.82) is 0 Å². The van der Waals surface area contributed by atoms with Crippen molar-refractivity contribution in [1.82, 2.24) is 0 Å². The fraction of sp³-hybridized carbons (Fsp3) is 0.364. The molecule has 0 saturated heterocycles. The number of hydrogen-bond acceptors (Lipinski definition) is 2. The molecule has 0 bridgehead atoms. The van der Waals surface area contributed by atoms with Gasteiger partial charge in [-0.25, -0.2) is 6.57 Å². The van der Waals surface area contributed by atoms with Gasteiger partial charge in [0.25, 0.3) is 0 Å². The van der Waals surface area contributed by atoms with Gasteiger partial charge in [0.05, 0.1) is 6.10 Å². The van der Waals surface area contributed by atoms with E-state index < -0.39 is 6.10 Å². The third-order valence-corrected chi connectivity index (χ3v) is 1.76. The van der Waals surface area contributed by atoms with Gasteiger partial charge in [-0.1, -0.05) is 18.2 Å². The van der Waals surface area contributed by atoms with Crippen LogP contribution < -0.4 is 4.74 Å². The summed E-state index contributed by atoms with van der Waals surface area (Å²) in [6.07, 6.45) is -0.0830. The molecule has 0 amide bonds. The molecule has 0 spiro atoms. The fourth-order valence-corrected chi connectivity index (χ4v) is 1.01. The average Bonchev–Trinajstić information content (AvgIpc) is 2.25. The van der Waals surface area contributed by atoms with Crippen LogP contribution in [0.25, 0.3) is 4.85 Å². The molecule has 1 rings (SSSR count). The standard InChI is InChI=1S/C11H13NO2/c1-12-8-7-10(13)9-14-11-5-3-2-4-6-11/h2-6,10,13H,7-9H2. The second-order valence-electron chi connectivity index (χ2n) is 2.95. The molecule has 3 nitrogen and oxygen atoms in total. The molecular formula is C11H13NO2. The van der Waals surface area contributed by atoms with Crippen LogP contribution in [0.5, 0.6) is 5.75 Å². The zero-order chi connectivity index (χ0) is 10.2. The van der Waals surface area contributed by atoms with E-state index >= 15 is 0 Å². The van der Waals surface area contributed by atoms with Crippen LogP contribution in [0.4, 0.5) is 0 Å². The number of benzene rings is 1. The monoisotopic (exact) mass is 191 g/mol. The van der Waals surface area contributed by atoms with Crippen molar-refractivity contribution >= 4 is 0 Å². The number of nitrogens with zero attached hydrogens (tertiary/aromatic N) is 1. The lowest BCUT2D eigenvalue weighted by molar-refractivity contribution is 0.104. The van der Waals surface area contributed by atoms with E-state index in [1.807, 2.05) is 30.3 Å². The molecule has 1 aromatic carbocycles. The minimum atomic E-state index is -0.552. The van der Waals surface area contributed by atoms with Gasteiger partial charge in [0.1, 0.15) is 12.4 Å². The minimum Gasteiger partial charge on any atom is -0.491 e. The molecule has 0 radical (unpaired) electrons. The maximum Gasteiger partial charge on any atom is 0.217 e. The zero-order valence-corrected chi connectivity index (χ0v) is 7.89. The fourth-order valence-electron chi connectivity index (χ4n) is 1.01. The Bertz CT molecular complexity index is 292. The summed E-state index contributed by atoms with van der Waals surface area (Å²) >= 11 is 0. The Hall–Kier alpha value is -1.53. The molecule has 0 aromatic heterocycles. The van der Waals surface area contributed by atoms with Crippen LogP contribution in [0.2, 0.25) is 0 Å². The van der Waals surface area contributed by atoms with Gasteiger partial charge in [0.2, 0.25) is 6.54 Å². The summed E-state index contributed by atoms with van der Waals surface area (Å²) in [5.74, 6) is 0.745. The van der Waals surface area contributed by atoms with Gasteiger partial charge >= 0.3 is 0 Å². The Kier molecular flexibility index (Phi) is 4.53. The van der Waals surface area contributed by atoms with E-state index in [0.29, 0.717) is 13.0 Å². The largest absolute Gasteiger partial charge is 0.491 e. The third-order valence-electron chi connectivity index (χ3n) is 1.76. The number of rotatable bonds is 5. The number of para-hydroxylation sites is 1. The molecule has 0 aliphatic carbocycles. The molecule has 1 atom stereocenters. The molecule has 14 heavy (non-hydrogen) atoms. The zero-order valence-electron chi connectivity index (χ0n) is 7.89. The Morgan fingerprint density at radius 2 is 2.07 bits per heavy atom. The van der Waals surface area contributed by atoms with Crippen LogP contribution in [0.3, 0.4) is 0 Å². The topological polar surface area (TPSA) is 33.8 Å². The van der Waals surface area contributed by atoms with Crippen molar-refractivity contribution in [3.8, 4) is 5.75 Å². The van der Waals surface area contributed by atoms with Gasteiger partial charge in [0.15, 0.2) is 0 Å². The number of ether oxygens (including phenoxy) is 1. The summed E-state index contributed by atoms with van der Waals surface area (Å²) in [5.41, 5.74) is 0. The second-order valence-corrected chi connectivity index (χ2v) is 2.95. The van der Waals surface area contributed by atoms with Gasteiger partial charge in [-0.2, -0.15) is 0 Å². The molecule has 3 heteroatoms. The SMILES string of the molecule is [C-]#[N+]CCC(O)COc1ccccc1. The highest BCUT2D eigenvalue weighted by Crippen LogP contribution is 2.08. The Balaban J connectivity index is 2.24. The molecule has 0 aliphatic rings. The van der Waals surface area contributed by atoms with Gasteiger partial charge in [0, 0.05) is 6.42 Å². The summed E-state index contributed by atoms with van der Waals surface area (Å²) in [7, 11) is 0. The van der Waals surface area contributed by atoms with E-state index in [9.17, 15) is 5.11 Å². The van der Waals surface area contributed by atoms with Crippen molar-refractivity contribution in [3.05, 3.63) is 41.7 Å². The first-order valence-corrected chi connectivity index (χ1v) is 4.52. The molecule has 0 fully saturated rings. The first-order chi connectivity index (χ1) is 6.83. The van der Waals surface area contributed by atoms with Crippen LogP contribution in [0, 0.1) is 6.57 Å². The summed E-state index contributed by atoms with van der Waals surface area (Å²) in [5, 5.41) is 9.37. The van der Waals surface area contributed by atoms with E-state index in [2.05, 4.69) is 4.85 Å². The highest BCUT2D eigenvalue weighted by molar-refractivity contribution is 5.20. The van der Waals surface area contributed by atoms with Crippen LogP contribution in [0.15, 0.2) is 30.3 Å². The Morgan fingerprint density at radius 1 is 1.36 bits per heavy atom. The van der Waals surface area contributed by atoms with Crippen molar-refractivity contribution in [3.63, 3.8) is 0 Å². The van der Waals surface area contributed by atoms with E-state index in [0.717, 1.165) is 5.75 Å². The van der Waals surface area contributed by atoms with Gasteiger partial charge in [-0.3, -0.25) is 0 Å². The molecule has 0 aliphatic heterocycles. The van der Waals surface area contributed by atoms with E-state index in [1.165, 1.54) is 0 Å². The summed E-state index contributed by atoms with van der Waals surface area (Å²) in [6, 6.07) is 9.33. The Morgan fingerprint density at radius 3 is 2.71 bits per heavy atom. The normalized spacial score (nSPS) is 11.7. The smallest absolute Gasteiger partial charge is 0.217 e. The predicted molar refractivity (Wildman–Crippen MR) is 54.0 cm³/mol.